The molecular weight excluding hydrogens is 522 g/mol. The Balaban J connectivity index is 1.28. The summed E-state index contributed by atoms with van der Waals surface area (Å²) < 4.78 is 55.9. The summed E-state index contributed by atoms with van der Waals surface area (Å²) in [5.74, 6) is -0.900. The van der Waals surface area contributed by atoms with Gasteiger partial charge in [-0.1, -0.05) is 66.7 Å². The lowest BCUT2D eigenvalue weighted by atomic mass is 10.1. The maximum atomic E-state index is 13.3. The smallest absolute Gasteiger partial charge is 0.265 e. The van der Waals surface area contributed by atoms with E-state index >= 15 is 0 Å². The number of amides is 1. The highest BCUT2D eigenvalue weighted by atomic mass is 32.2. The average Bonchev–Trinajstić information content (AvgIpc) is 2.93. The van der Waals surface area contributed by atoms with E-state index < -0.39 is 26.0 Å². The SMILES string of the molecule is O=C(NS(=O)(=O)c1ccc2ccccc2c1)c1cccc(S(=O)(=O)N2CCN(Cc3ccccc3)CC2)c1. The van der Waals surface area contributed by atoms with Gasteiger partial charge in [0.2, 0.25) is 10.0 Å². The second-order valence-corrected chi connectivity index (χ2v) is 12.8. The van der Waals surface area contributed by atoms with Gasteiger partial charge in [0.05, 0.1) is 9.79 Å². The highest BCUT2D eigenvalue weighted by molar-refractivity contribution is 7.90. The third kappa shape index (κ3) is 5.63. The monoisotopic (exact) mass is 549 g/mol. The molecule has 1 aliphatic rings. The molecule has 5 rings (SSSR count). The molecular formula is C28H27N3O5S2. The zero-order chi connectivity index (χ0) is 26.8. The molecule has 0 unspecified atom stereocenters. The molecule has 4 aromatic carbocycles. The highest BCUT2D eigenvalue weighted by Gasteiger charge is 2.29. The van der Waals surface area contributed by atoms with Gasteiger partial charge in [0.15, 0.2) is 0 Å². The summed E-state index contributed by atoms with van der Waals surface area (Å²) in [6, 6.07) is 27.3. The van der Waals surface area contributed by atoms with Gasteiger partial charge in [-0.25, -0.2) is 21.6 Å². The Morgan fingerprint density at radius 2 is 1.37 bits per heavy atom. The summed E-state index contributed by atoms with van der Waals surface area (Å²) in [5, 5.41) is 1.59. The Kier molecular flexibility index (Phi) is 7.31. The van der Waals surface area contributed by atoms with Gasteiger partial charge in [0.1, 0.15) is 0 Å². The summed E-state index contributed by atoms with van der Waals surface area (Å²) in [5.41, 5.74) is 1.11. The number of nitrogens with one attached hydrogen (secondary N) is 1. The molecule has 1 N–H and O–H groups in total. The van der Waals surface area contributed by atoms with Crippen LogP contribution < -0.4 is 4.72 Å². The number of fused-ring (bicyclic) bond motifs is 1. The maximum Gasteiger partial charge on any atom is 0.265 e. The van der Waals surface area contributed by atoms with Crippen molar-refractivity contribution in [2.45, 2.75) is 16.3 Å². The van der Waals surface area contributed by atoms with E-state index in [0.29, 0.717) is 26.2 Å². The molecule has 0 radical (unpaired) electrons. The minimum atomic E-state index is -4.16. The molecule has 1 amide bonds. The number of hydrogen-bond acceptors (Lipinski definition) is 6. The van der Waals surface area contributed by atoms with Crippen LogP contribution in [0.5, 0.6) is 0 Å². The van der Waals surface area contributed by atoms with Crippen LogP contribution in [0.1, 0.15) is 15.9 Å². The fourth-order valence-corrected chi connectivity index (χ4v) is 6.97. The molecule has 4 aromatic rings. The fraction of sp³-hybridized carbons (Fsp3) is 0.179. The molecule has 1 saturated heterocycles. The number of carbonyl (C=O) groups is 1. The Hall–Kier alpha value is -3.57. The predicted molar refractivity (Wildman–Crippen MR) is 146 cm³/mol. The van der Waals surface area contributed by atoms with Crippen LogP contribution in [0.15, 0.2) is 107 Å². The predicted octanol–water partition coefficient (Wildman–Crippen LogP) is 3.47. The molecule has 1 heterocycles. The van der Waals surface area contributed by atoms with Gasteiger partial charge >= 0.3 is 0 Å². The summed E-state index contributed by atoms with van der Waals surface area (Å²) >= 11 is 0. The Labute approximate surface area is 222 Å². The van der Waals surface area contributed by atoms with E-state index in [1.807, 2.05) is 42.5 Å². The van der Waals surface area contributed by atoms with E-state index in [-0.39, 0.29) is 15.4 Å². The molecule has 1 fully saturated rings. The van der Waals surface area contributed by atoms with E-state index in [9.17, 15) is 21.6 Å². The van der Waals surface area contributed by atoms with Crippen molar-refractivity contribution in [2.75, 3.05) is 26.2 Å². The first-order chi connectivity index (χ1) is 18.2. The van der Waals surface area contributed by atoms with Crippen LogP contribution in [-0.2, 0) is 26.6 Å². The minimum Gasteiger partial charge on any atom is -0.296 e. The Morgan fingerprint density at radius 1 is 0.684 bits per heavy atom. The lowest BCUT2D eigenvalue weighted by molar-refractivity contribution is 0.0981. The average molecular weight is 550 g/mol. The zero-order valence-corrected chi connectivity index (χ0v) is 22.2. The van der Waals surface area contributed by atoms with Crippen LogP contribution in [0, 0.1) is 0 Å². The van der Waals surface area contributed by atoms with E-state index in [0.717, 1.165) is 17.3 Å². The molecule has 0 aromatic heterocycles. The maximum absolute atomic E-state index is 13.3. The van der Waals surface area contributed by atoms with E-state index in [1.54, 1.807) is 18.2 Å². The quantitative estimate of drug-likeness (QED) is 0.379. The number of sulfonamides is 2. The molecule has 0 atom stereocenters. The third-order valence-corrected chi connectivity index (χ3v) is 9.80. The molecule has 10 heteroatoms. The second kappa shape index (κ2) is 10.7. The molecule has 0 aliphatic carbocycles. The zero-order valence-electron chi connectivity index (χ0n) is 20.5. The van der Waals surface area contributed by atoms with Crippen LogP contribution in [-0.4, -0.2) is 58.1 Å². The van der Waals surface area contributed by atoms with Gasteiger partial charge in [-0.05, 0) is 46.7 Å². The normalized spacial score (nSPS) is 15.4. The van der Waals surface area contributed by atoms with Crippen molar-refractivity contribution in [3.8, 4) is 0 Å². The number of nitrogens with zero attached hydrogens (tertiary/aromatic N) is 2. The van der Waals surface area contributed by atoms with Crippen LogP contribution >= 0.6 is 0 Å². The Morgan fingerprint density at radius 3 is 2.11 bits per heavy atom. The lowest BCUT2D eigenvalue weighted by Crippen LogP contribution is -2.48. The first-order valence-electron chi connectivity index (χ1n) is 12.1. The van der Waals surface area contributed by atoms with Crippen LogP contribution in [0.4, 0.5) is 0 Å². The van der Waals surface area contributed by atoms with E-state index in [4.69, 9.17) is 0 Å². The van der Waals surface area contributed by atoms with E-state index in [1.165, 1.54) is 46.3 Å². The van der Waals surface area contributed by atoms with Gasteiger partial charge in [0.25, 0.3) is 15.9 Å². The van der Waals surface area contributed by atoms with Gasteiger partial charge in [-0.3, -0.25) is 9.69 Å². The van der Waals surface area contributed by atoms with E-state index in [2.05, 4.69) is 9.62 Å². The van der Waals surface area contributed by atoms with Crippen molar-refractivity contribution < 1.29 is 21.6 Å². The van der Waals surface area contributed by atoms with Crippen molar-refractivity contribution in [3.05, 3.63) is 108 Å². The van der Waals surface area contributed by atoms with Gasteiger partial charge < -0.3 is 0 Å². The third-order valence-electron chi connectivity index (χ3n) is 6.57. The van der Waals surface area contributed by atoms with Gasteiger partial charge in [0, 0.05) is 38.3 Å². The summed E-state index contributed by atoms with van der Waals surface area (Å²) in [6.45, 7) is 2.55. The largest absolute Gasteiger partial charge is 0.296 e. The first kappa shape index (κ1) is 26.1. The summed E-state index contributed by atoms with van der Waals surface area (Å²) in [6.07, 6.45) is 0. The number of carbonyl (C=O) groups excluding carboxylic acids is 1. The molecule has 0 bridgehead atoms. The second-order valence-electron chi connectivity index (χ2n) is 9.14. The standard InChI is InChI=1S/C28H27N3O5S2/c32-28(29-37(33,34)26-14-13-23-9-4-5-10-24(23)19-26)25-11-6-12-27(20-25)38(35,36)31-17-15-30(16-18-31)21-22-7-2-1-3-8-22/h1-14,19-20H,15-18,21H2,(H,29,32). The molecule has 196 valence electrons. The Bertz CT molecular complexity index is 1680. The molecule has 0 saturated carbocycles. The number of piperazine rings is 1. The highest BCUT2D eigenvalue weighted by Crippen LogP contribution is 2.22. The van der Waals surface area contributed by atoms with Crippen molar-refractivity contribution in [1.82, 2.24) is 13.9 Å². The molecule has 38 heavy (non-hydrogen) atoms. The van der Waals surface area contributed by atoms with Crippen LogP contribution in [0.3, 0.4) is 0 Å². The topological polar surface area (TPSA) is 104 Å². The fourth-order valence-electron chi connectivity index (χ4n) is 4.49. The summed E-state index contributed by atoms with van der Waals surface area (Å²) in [7, 11) is -8.02. The minimum absolute atomic E-state index is 0.0511. The molecule has 1 aliphatic heterocycles. The number of benzene rings is 4. The first-order valence-corrected chi connectivity index (χ1v) is 15.1. The van der Waals surface area contributed by atoms with Crippen LogP contribution in [0.2, 0.25) is 0 Å². The number of rotatable bonds is 7. The summed E-state index contributed by atoms with van der Waals surface area (Å²) in [4.78, 5) is 15.0. The van der Waals surface area contributed by atoms with Crippen molar-refractivity contribution in [2.24, 2.45) is 0 Å². The van der Waals surface area contributed by atoms with Crippen molar-refractivity contribution >= 4 is 36.7 Å². The van der Waals surface area contributed by atoms with Crippen molar-refractivity contribution in [3.63, 3.8) is 0 Å². The molecule has 8 nitrogen and oxygen atoms in total. The van der Waals surface area contributed by atoms with Gasteiger partial charge in [-0.2, -0.15) is 4.31 Å². The lowest BCUT2D eigenvalue weighted by Gasteiger charge is -2.34. The molecule has 0 spiro atoms. The van der Waals surface area contributed by atoms with Crippen LogP contribution in [0.25, 0.3) is 10.8 Å². The van der Waals surface area contributed by atoms with Crippen molar-refractivity contribution in [1.29, 1.82) is 0 Å². The number of hydrogen-bond donors (Lipinski definition) is 1. The van der Waals surface area contributed by atoms with Gasteiger partial charge in [-0.15, -0.1) is 0 Å².